The minimum atomic E-state index is -0.168. The maximum atomic E-state index is 5.09. The lowest BCUT2D eigenvalue weighted by molar-refractivity contribution is 0.593. The molecule has 0 aliphatic heterocycles. The van der Waals surface area contributed by atoms with Crippen LogP contribution >= 0.6 is 0 Å². The van der Waals surface area contributed by atoms with E-state index in [1.54, 1.807) is 0 Å². The van der Waals surface area contributed by atoms with Crippen LogP contribution in [0.3, 0.4) is 0 Å². The molecule has 69 heavy (non-hydrogen) atoms. The second-order valence-corrected chi connectivity index (χ2v) is 18.8. The molecule has 0 saturated carbocycles. The number of para-hydroxylation sites is 2. The van der Waals surface area contributed by atoms with Gasteiger partial charge in [-0.2, -0.15) is 0 Å². The number of hydrogen-bond acceptors (Lipinski definition) is 1. The fraction of sp³-hybridized carbons (Fsp3) is 0.0597. The molecule has 0 aliphatic carbocycles. The minimum absolute atomic E-state index is 0.168. The molecule has 11 aromatic carbocycles. The third-order valence-electron chi connectivity index (χ3n) is 13.2. The topological polar surface area (TPSA) is 24.4 Å². The van der Waals surface area contributed by atoms with Crippen LogP contribution in [0.2, 0.25) is 0 Å². The van der Waals surface area contributed by atoms with E-state index in [0.717, 1.165) is 33.9 Å². The maximum absolute atomic E-state index is 5.09. The number of aliphatic imine (C=N–C) groups is 1. The molecule has 0 atom stereocenters. The molecule has 11 aromatic rings. The van der Waals surface area contributed by atoms with Gasteiger partial charge >= 0.3 is 0 Å². The van der Waals surface area contributed by atoms with Gasteiger partial charge < -0.3 is 5.32 Å². The highest BCUT2D eigenvalue weighted by molar-refractivity contribution is 6.22. The quantitative estimate of drug-likeness (QED) is 0.0872. The molecule has 11 rings (SSSR count). The zero-order valence-corrected chi connectivity index (χ0v) is 39.2. The van der Waals surface area contributed by atoms with Crippen LogP contribution in [0.4, 0.5) is 11.4 Å². The lowest BCUT2D eigenvalue weighted by atomic mass is 9.77. The Morgan fingerprint density at radius 2 is 0.754 bits per heavy atom. The zero-order valence-electron chi connectivity index (χ0n) is 39.2. The highest BCUT2D eigenvalue weighted by Crippen LogP contribution is 2.48. The van der Waals surface area contributed by atoms with Gasteiger partial charge in [0.25, 0.3) is 0 Å². The van der Waals surface area contributed by atoms with E-state index in [0.29, 0.717) is 0 Å². The molecule has 0 spiro atoms. The summed E-state index contributed by atoms with van der Waals surface area (Å²) in [5.41, 5.74) is 18.4. The van der Waals surface area contributed by atoms with Crippen LogP contribution in [0, 0.1) is 0 Å². The highest BCUT2D eigenvalue weighted by atomic mass is 15.0. The number of nitrogens with zero attached hydrogens (tertiary/aromatic N) is 1. The normalized spacial score (nSPS) is 11.8. The fourth-order valence-corrected chi connectivity index (χ4v) is 9.82. The summed E-state index contributed by atoms with van der Waals surface area (Å²) in [6, 6.07) is 91.9. The molecule has 2 heteroatoms. The van der Waals surface area contributed by atoms with Gasteiger partial charge in [-0.3, -0.25) is 0 Å². The Morgan fingerprint density at radius 1 is 0.333 bits per heavy atom. The minimum Gasteiger partial charge on any atom is -0.340 e. The standard InChI is InChI=1S/C67H52N2/c1-67(2,3)63-45-62-61(44-60(63)49-39-37-48(38-40-49)52-27-20-30-55(43-52)66(68-56-31-12-6-13-32-56)69-57-33-14-7-15-34-57)64(53-28-18-25-50(41-53)46-21-8-4-9-22-46)58-35-16-17-36-59(58)65(62)54-29-19-26-51(42-54)47-23-10-5-11-24-47/h4-45H,1-3H3,(H,68,69). The van der Waals surface area contributed by atoms with E-state index in [1.165, 1.54) is 82.7 Å². The van der Waals surface area contributed by atoms with Crippen molar-refractivity contribution in [2.45, 2.75) is 26.2 Å². The SMILES string of the molecule is CC(C)(C)c1cc2c(-c3cccc(-c4ccccc4)c3)c3ccccc3c(-c3cccc(-c4ccccc4)c3)c2cc1-c1ccc(-c2cccc(C(=Nc3ccccc3)Nc3ccccc3)c2)cc1. The Hall–Kier alpha value is -8.59. The monoisotopic (exact) mass is 884 g/mol. The summed E-state index contributed by atoms with van der Waals surface area (Å²) >= 11 is 0. The molecule has 0 radical (unpaired) electrons. The van der Waals surface area contributed by atoms with E-state index in [1.807, 2.05) is 48.5 Å². The smallest absolute Gasteiger partial charge is 0.138 e. The molecule has 0 fully saturated rings. The summed E-state index contributed by atoms with van der Waals surface area (Å²) in [6.45, 7) is 7.03. The second kappa shape index (κ2) is 18.6. The van der Waals surface area contributed by atoms with Crippen molar-refractivity contribution in [1.82, 2.24) is 0 Å². The third kappa shape index (κ3) is 8.89. The van der Waals surface area contributed by atoms with Crippen molar-refractivity contribution in [2.24, 2.45) is 4.99 Å². The average molecular weight is 885 g/mol. The van der Waals surface area contributed by atoms with Crippen LogP contribution in [0.15, 0.2) is 260 Å². The number of benzene rings is 11. The molecule has 330 valence electrons. The third-order valence-corrected chi connectivity index (χ3v) is 13.2. The van der Waals surface area contributed by atoms with Crippen LogP contribution in [0.1, 0.15) is 31.9 Å². The first-order valence-corrected chi connectivity index (χ1v) is 23.9. The van der Waals surface area contributed by atoms with Crippen molar-refractivity contribution < 1.29 is 0 Å². The summed E-state index contributed by atoms with van der Waals surface area (Å²) < 4.78 is 0. The summed E-state index contributed by atoms with van der Waals surface area (Å²) in [5.74, 6) is 0.792. The molecule has 0 unspecified atom stereocenters. The van der Waals surface area contributed by atoms with Crippen LogP contribution in [-0.2, 0) is 5.41 Å². The first kappa shape index (κ1) is 43.0. The lowest BCUT2D eigenvalue weighted by Crippen LogP contribution is -2.13. The number of nitrogens with one attached hydrogen (secondary N) is 1. The first-order valence-electron chi connectivity index (χ1n) is 23.9. The molecule has 2 nitrogen and oxygen atoms in total. The van der Waals surface area contributed by atoms with Gasteiger partial charge in [-0.25, -0.2) is 4.99 Å². The zero-order chi connectivity index (χ0) is 46.7. The van der Waals surface area contributed by atoms with Gasteiger partial charge in [-0.15, -0.1) is 0 Å². The predicted molar refractivity (Wildman–Crippen MR) is 295 cm³/mol. The number of anilines is 1. The average Bonchev–Trinajstić information content (AvgIpc) is 3.40. The van der Waals surface area contributed by atoms with Crippen LogP contribution in [0.5, 0.6) is 0 Å². The van der Waals surface area contributed by atoms with E-state index < -0.39 is 0 Å². The van der Waals surface area contributed by atoms with Crippen LogP contribution < -0.4 is 5.32 Å². The summed E-state index contributed by atoms with van der Waals surface area (Å²) in [6.07, 6.45) is 0. The lowest BCUT2D eigenvalue weighted by Gasteiger charge is -2.27. The number of hydrogen-bond donors (Lipinski definition) is 1. The number of rotatable bonds is 9. The molecular formula is C67H52N2. The first-order chi connectivity index (χ1) is 33.8. The molecule has 0 saturated heterocycles. The Labute approximate surface area is 406 Å². The molecule has 0 amide bonds. The van der Waals surface area contributed by atoms with Crippen molar-refractivity contribution in [3.05, 3.63) is 266 Å². The Morgan fingerprint density at radius 3 is 1.30 bits per heavy atom. The van der Waals surface area contributed by atoms with Gasteiger partial charge in [-0.1, -0.05) is 221 Å². The second-order valence-electron chi connectivity index (χ2n) is 18.8. The van der Waals surface area contributed by atoms with Gasteiger partial charge in [0.2, 0.25) is 0 Å². The number of amidine groups is 1. The molecule has 0 bridgehead atoms. The van der Waals surface area contributed by atoms with Gasteiger partial charge in [0.15, 0.2) is 0 Å². The summed E-state index contributed by atoms with van der Waals surface area (Å²) in [7, 11) is 0. The van der Waals surface area contributed by atoms with Crippen molar-refractivity contribution in [3.63, 3.8) is 0 Å². The fourth-order valence-electron chi connectivity index (χ4n) is 9.82. The van der Waals surface area contributed by atoms with E-state index in [-0.39, 0.29) is 5.41 Å². The summed E-state index contributed by atoms with van der Waals surface area (Å²) in [4.78, 5) is 5.09. The van der Waals surface area contributed by atoms with Crippen molar-refractivity contribution >= 4 is 38.8 Å². The van der Waals surface area contributed by atoms with Crippen molar-refractivity contribution in [2.75, 3.05) is 5.32 Å². The van der Waals surface area contributed by atoms with Crippen molar-refractivity contribution in [3.8, 4) is 66.8 Å². The van der Waals surface area contributed by atoms with E-state index in [9.17, 15) is 0 Å². The largest absolute Gasteiger partial charge is 0.340 e. The number of fused-ring (bicyclic) bond motifs is 2. The van der Waals surface area contributed by atoms with Crippen molar-refractivity contribution in [1.29, 1.82) is 0 Å². The molecule has 0 aliphatic rings. The maximum Gasteiger partial charge on any atom is 0.138 e. The van der Waals surface area contributed by atoms with E-state index in [4.69, 9.17) is 4.99 Å². The molecular weight excluding hydrogens is 833 g/mol. The summed E-state index contributed by atoms with van der Waals surface area (Å²) in [5, 5.41) is 8.56. The van der Waals surface area contributed by atoms with Gasteiger partial charge in [0.05, 0.1) is 5.69 Å². The Bertz CT molecular complexity index is 3620. The van der Waals surface area contributed by atoms with E-state index >= 15 is 0 Å². The Balaban J connectivity index is 1.09. The van der Waals surface area contributed by atoms with Gasteiger partial charge in [0.1, 0.15) is 5.84 Å². The van der Waals surface area contributed by atoms with Gasteiger partial charge in [-0.05, 0) is 154 Å². The molecule has 0 heterocycles. The van der Waals surface area contributed by atoms with Crippen LogP contribution in [-0.4, -0.2) is 5.84 Å². The molecule has 1 N–H and O–H groups in total. The molecule has 0 aromatic heterocycles. The van der Waals surface area contributed by atoms with E-state index in [2.05, 4.69) is 232 Å². The highest BCUT2D eigenvalue weighted by Gasteiger charge is 2.25. The predicted octanol–water partition coefficient (Wildman–Crippen LogP) is 18.5. The van der Waals surface area contributed by atoms with Gasteiger partial charge in [0, 0.05) is 11.3 Å². The van der Waals surface area contributed by atoms with Crippen LogP contribution in [0.25, 0.3) is 88.3 Å². The Kier molecular flexibility index (Phi) is 11.6.